The number of pyridine rings is 1. The third-order valence-corrected chi connectivity index (χ3v) is 3.24. The summed E-state index contributed by atoms with van der Waals surface area (Å²) < 4.78 is 0. The second-order valence-corrected chi connectivity index (χ2v) is 4.83. The van der Waals surface area contributed by atoms with Gasteiger partial charge < -0.3 is 11.1 Å². The van der Waals surface area contributed by atoms with E-state index in [0.29, 0.717) is 21.4 Å². The lowest BCUT2D eigenvalue weighted by atomic mass is 10.2. The van der Waals surface area contributed by atoms with Gasteiger partial charge in [0.05, 0.1) is 33.2 Å². The van der Waals surface area contributed by atoms with Crippen molar-refractivity contribution in [3.63, 3.8) is 0 Å². The summed E-state index contributed by atoms with van der Waals surface area (Å²) in [7, 11) is 0. The van der Waals surface area contributed by atoms with E-state index in [-0.39, 0.29) is 10.7 Å². The second kappa shape index (κ2) is 5.65. The number of anilines is 2. The van der Waals surface area contributed by atoms with Crippen molar-refractivity contribution >= 4 is 52.1 Å². The van der Waals surface area contributed by atoms with E-state index >= 15 is 0 Å². The SMILES string of the molecule is Nc1cnc(Cl)c(C(=O)Nc2c(Cl)cccc2Cl)c1. The van der Waals surface area contributed by atoms with Gasteiger partial charge in [-0.1, -0.05) is 40.9 Å². The number of rotatable bonds is 2. The number of carbonyl (C=O) groups is 1. The topological polar surface area (TPSA) is 68.0 Å². The number of benzene rings is 1. The van der Waals surface area contributed by atoms with Crippen LogP contribution in [0.25, 0.3) is 0 Å². The van der Waals surface area contributed by atoms with Crippen molar-refractivity contribution in [2.75, 3.05) is 11.1 Å². The molecule has 7 heteroatoms. The Morgan fingerprint density at radius 3 is 2.47 bits per heavy atom. The van der Waals surface area contributed by atoms with E-state index < -0.39 is 5.91 Å². The van der Waals surface area contributed by atoms with E-state index in [0.717, 1.165) is 0 Å². The zero-order valence-electron chi connectivity index (χ0n) is 9.45. The molecule has 2 rings (SSSR count). The van der Waals surface area contributed by atoms with Gasteiger partial charge in [0.25, 0.3) is 5.91 Å². The molecule has 2 aromatic rings. The van der Waals surface area contributed by atoms with Crippen LogP contribution in [0.1, 0.15) is 10.4 Å². The molecule has 0 radical (unpaired) electrons. The van der Waals surface area contributed by atoms with Gasteiger partial charge in [-0.25, -0.2) is 4.98 Å². The van der Waals surface area contributed by atoms with E-state index in [2.05, 4.69) is 10.3 Å². The van der Waals surface area contributed by atoms with Crippen molar-refractivity contribution in [3.8, 4) is 0 Å². The standard InChI is InChI=1S/C12H8Cl3N3O/c13-8-2-1-3-9(14)10(8)18-12(19)7-4-6(16)5-17-11(7)15/h1-5H,16H2,(H,18,19). The molecule has 1 amide bonds. The number of carbonyl (C=O) groups excluding carboxylic acids is 1. The first kappa shape index (κ1) is 13.9. The maximum atomic E-state index is 12.1. The van der Waals surface area contributed by atoms with Gasteiger partial charge in [0.15, 0.2) is 0 Å². The molecular formula is C12H8Cl3N3O. The monoisotopic (exact) mass is 315 g/mol. The summed E-state index contributed by atoms with van der Waals surface area (Å²) in [6.45, 7) is 0. The molecule has 0 unspecified atom stereocenters. The largest absolute Gasteiger partial charge is 0.397 e. The molecule has 0 fully saturated rings. The van der Waals surface area contributed by atoms with Crippen LogP contribution in [0.5, 0.6) is 0 Å². The number of para-hydroxylation sites is 1. The second-order valence-electron chi connectivity index (χ2n) is 3.66. The Morgan fingerprint density at radius 2 is 1.84 bits per heavy atom. The predicted molar refractivity (Wildman–Crippen MR) is 78.1 cm³/mol. The minimum Gasteiger partial charge on any atom is -0.397 e. The summed E-state index contributed by atoms with van der Waals surface area (Å²) >= 11 is 17.8. The Hall–Kier alpha value is -1.49. The van der Waals surface area contributed by atoms with Crippen molar-refractivity contribution in [2.24, 2.45) is 0 Å². The molecule has 19 heavy (non-hydrogen) atoms. The summed E-state index contributed by atoms with van der Waals surface area (Å²) in [4.78, 5) is 15.9. The Kier molecular flexibility index (Phi) is 4.14. The van der Waals surface area contributed by atoms with Crippen LogP contribution >= 0.6 is 34.8 Å². The average Bonchev–Trinajstić information content (AvgIpc) is 2.37. The highest BCUT2D eigenvalue weighted by molar-refractivity contribution is 6.40. The highest BCUT2D eigenvalue weighted by Crippen LogP contribution is 2.30. The van der Waals surface area contributed by atoms with Gasteiger partial charge in [0.1, 0.15) is 5.15 Å². The fourth-order valence-electron chi connectivity index (χ4n) is 1.42. The first-order valence-corrected chi connectivity index (χ1v) is 6.29. The minimum absolute atomic E-state index is 0.0508. The lowest BCUT2D eigenvalue weighted by Crippen LogP contribution is -2.14. The lowest BCUT2D eigenvalue weighted by molar-refractivity contribution is 0.102. The number of hydrogen-bond acceptors (Lipinski definition) is 3. The Balaban J connectivity index is 2.34. The van der Waals surface area contributed by atoms with Gasteiger partial charge in [0, 0.05) is 0 Å². The molecule has 0 aliphatic carbocycles. The highest BCUT2D eigenvalue weighted by Gasteiger charge is 2.15. The van der Waals surface area contributed by atoms with Crippen LogP contribution in [0, 0.1) is 0 Å². The Morgan fingerprint density at radius 1 is 1.21 bits per heavy atom. The summed E-state index contributed by atoms with van der Waals surface area (Å²) in [5.74, 6) is -0.486. The van der Waals surface area contributed by atoms with Crippen molar-refractivity contribution in [1.29, 1.82) is 0 Å². The molecule has 0 saturated carbocycles. The van der Waals surface area contributed by atoms with Crippen LogP contribution < -0.4 is 11.1 Å². The van der Waals surface area contributed by atoms with Crippen LogP contribution in [0.4, 0.5) is 11.4 Å². The smallest absolute Gasteiger partial charge is 0.258 e. The summed E-state index contributed by atoms with van der Waals surface area (Å²) in [6, 6.07) is 6.33. The van der Waals surface area contributed by atoms with Crippen LogP contribution in [0.3, 0.4) is 0 Å². The molecular weight excluding hydrogens is 309 g/mol. The zero-order chi connectivity index (χ0) is 14.0. The summed E-state index contributed by atoms with van der Waals surface area (Å²) in [5.41, 5.74) is 6.36. The summed E-state index contributed by atoms with van der Waals surface area (Å²) in [5, 5.41) is 3.29. The highest BCUT2D eigenvalue weighted by atomic mass is 35.5. The number of hydrogen-bond donors (Lipinski definition) is 2. The molecule has 0 spiro atoms. The fourth-order valence-corrected chi connectivity index (χ4v) is 2.10. The molecule has 4 nitrogen and oxygen atoms in total. The number of nitrogen functional groups attached to an aromatic ring is 1. The molecule has 1 aromatic heterocycles. The van der Waals surface area contributed by atoms with Gasteiger partial charge in [0.2, 0.25) is 0 Å². The molecule has 1 heterocycles. The number of halogens is 3. The first-order chi connectivity index (χ1) is 8.99. The Bertz CT molecular complexity index is 626. The molecule has 0 bridgehead atoms. The number of amides is 1. The van der Waals surface area contributed by atoms with Crippen LogP contribution in [0.2, 0.25) is 15.2 Å². The van der Waals surface area contributed by atoms with E-state index in [1.165, 1.54) is 12.3 Å². The van der Waals surface area contributed by atoms with Crippen molar-refractivity contribution in [1.82, 2.24) is 4.98 Å². The quantitative estimate of drug-likeness (QED) is 0.826. The molecule has 3 N–H and O–H groups in total. The van der Waals surface area contributed by atoms with Crippen LogP contribution in [-0.2, 0) is 0 Å². The predicted octanol–water partition coefficient (Wildman–Crippen LogP) is 3.88. The zero-order valence-corrected chi connectivity index (χ0v) is 11.7. The summed E-state index contributed by atoms with van der Waals surface area (Å²) in [6.07, 6.45) is 1.36. The van der Waals surface area contributed by atoms with Crippen molar-refractivity contribution < 1.29 is 4.79 Å². The normalized spacial score (nSPS) is 10.3. The van der Waals surface area contributed by atoms with Crippen LogP contribution in [0.15, 0.2) is 30.5 Å². The third-order valence-electron chi connectivity index (χ3n) is 2.31. The minimum atomic E-state index is -0.486. The lowest BCUT2D eigenvalue weighted by Gasteiger charge is -2.10. The van der Waals surface area contributed by atoms with Crippen LogP contribution in [-0.4, -0.2) is 10.9 Å². The van der Waals surface area contributed by atoms with Crippen molar-refractivity contribution in [2.45, 2.75) is 0 Å². The van der Waals surface area contributed by atoms with Gasteiger partial charge in [-0.05, 0) is 18.2 Å². The molecule has 1 aromatic carbocycles. The third kappa shape index (κ3) is 3.10. The number of aromatic nitrogens is 1. The average molecular weight is 317 g/mol. The number of nitrogens with one attached hydrogen (secondary N) is 1. The van der Waals surface area contributed by atoms with Crippen molar-refractivity contribution in [3.05, 3.63) is 51.2 Å². The molecule has 0 aliphatic heterocycles. The Labute approximate surface area is 124 Å². The number of nitrogens with two attached hydrogens (primary N) is 1. The van der Waals surface area contributed by atoms with Gasteiger partial charge in [-0.3, -0.25) is 4.79 Å². The molecule has 0 atom stereocenters. The molecule has 0 aliphatic rings. The number of nitrogens with zero attached hydrogens (tertiary/aromatic N) is 1. The van der Waals surface area contributed by atoms with E-state index in [4.69, 9.17) is 40.5 Å². The maximum absolute atomic E-state index is 12.1. The fraction of sp³-hybridized carbons (Fsp3) is 0. The van der Waals surface area contributed by atoms with E-state index in [1.807, 2.05) is 0 Å². The maximum Gasteiger partial charge on any atom is 0.258 e. The van der Waals surface area contributed by atoms with Gasteiger partial charge in [-0.15, -0.1) is 0 Å². The van der Waals surface area contributed by atoms with Gasteiger partial charge >= 0.3 is 0 Å². The van der Waals surface area contributed by atoms with Gasteiger partial charge in [-0.2, -0.15) is 0 Å². The first-order valence-electron chi connectivity index (χ1n) is 5.15. The van der Waals surface area contributed by atoms with E-state index in [1.54, 1.807) is 18.2 Å². The molecule has 98 valence electrons. The van der Waals surface area contributed by atoms with E-state index in [9.17, 15) is 4.79 Å². The molecule has 0 saturated heterocycles.